The number of hydrogen-bond acceptors (Lipinski definition) is 5. The summed E-state index contributed by atoms with van der Waals surface area (Å²) < 4.78 is 2.91. The second kappa shape index (κ2) is 6.22. The van der Waals surface area contributed by atoms with E-state index < -0.39 is 17.2 Å². The minimum atomic E-state index is -0.902. The second-order valence-corrected chi connectivity index (χ2v) is 5.98. The Bertz CT molecular complexity index is 861. The topological polar surface area (TPSA) is 110 Å². The Morgan fingerprint density at radius 1 is 1.45 bits per heavy atom. The Morgan fingerprint density at radius 3 is 2.73 bits per heavy atom. The number of H-pyrrole nitrogens is 1. The van der Waals surface area contributed by atoms with E-state index in [1.807, 2.05) is 6.92 Å². The van der Waals surface area contributed by atoms with Gasteiger partial charge in [0.15, 0.2) is 16.3 Å². The monoisotopic (exact) mass is 324 g/mol. The van der Waals surface area contributed by atoms with Crippen molar-refractivity contribution < 1.29 is 9.90 Å². The number of rotatable bonds is 6. The fraction of sp³-hybridized carbons (Fsp3) is 0.385. The van der Waals surface area contributed by atoms with E-state index in [1.165, 1.54) is 23.4 Å². The van der Waals surface area contributed by atoms with E-state index in [2.05, 4.69) is 16.5 Å². The molecule has 0 aromatic carbocycles. The van der Waals surface area contributed by atoms with Crippen molar-refractivity contribution in [1.29, 1.82) is 0 Å². The lowest BCUT2D eigenvalue weighted by Gasteiger charge is -2.07. The van der Waals surface area contributed by atoms with Gasteiger partial charge in [0, 0.05) is 19.3 Å². The highest BCUT2D eigenvalue weighted by Gasteiger charge is 2.17. The predicted octanol–water partition coefficient (Wildman–Crippen LogP) is 0.566. The fourth-order valence-corrected chi connectivity index (χ4v) is 2.89. The number of carbonyl (C=O) groups is 1. The lowest BCUT2D eigenvalue weighted by molar-refractivity contribution is -0.136. The molecule has 2 aromatic rings. The van der Waals surface area contributed by atoms with Crippen LogP contribution in [0.4, 0.5) is 0 Å². The van der Waals surface area contributed by atoms with Crippen LogP contribution in [0.2, 0.25) is 0 Å². The van der Waals surface area contributed by atoms with Gasteiger partial charge in [-0.15, -0.1) is 0 Å². The van der Waals surface area contributed by atoms with Crippen molar-refractivity contribution in [3.8, 4) is 0 Å². The Balaban J connectivity index is 2.59. The van der Waals surface area contributed by atoms with Gasteiger partial charge in [-0.3, -0.25) is 19.1 Å². The molecule has 0 saturated carbocycles. The standard InChI is InChI=1S/C13H16N4O4S/c1-7(2)6-17-9-10(16(3)12(21)15-11(9)20)14-13(17)22-5-4-8(18)19/h1,4-6H2,2-3H3,(H,18,19)(H,15,20,21). The molecule has 2 aromatic heterocycles. The van der Waals surface area contributed by atoms with Crippen LogP contribution in [0.15, 0.2) is 26.9 Å². The van der Waals surface area contributed by atoms with Crippen molar-refractivity contribution in [3.63, 3.8) is 0 Å². The van der Waals surface area contributed by atoms with Gasteiger partial charge in [-0.2, -0.15) is 0 Å². The van der Waals surface area contributed by atoms with Crippen LogP contribution in [0.3, 0.4) is 0 Å². The van der Waals surface area contributed by atoms with E-state index in [-0.39, 0.29) is 17.6 Å². The zero-order valence-corrected chi connectivity index (χ0v) is 13.1. The number of thioether (sulfide) groups is 1. The number of aliphatic carboxylic acids is 1. The molecule has 0 aliphatic heterocycles. The van der Waals surface area contributed by atoms with Gasteiger partial charge >= 0.3 is 11.7 Å². The highest BCUT2D eigenvalue weighted by molar-refractivity contribution is 7.99. The molecule has 2 heterocycles. The van der Waals surface area contributed by atoms with E-state index in [0.717, 1.165) is 5.57 Å². The van der Waals surface area contributed by atoms with Crippen molar-refractivity contribution in [2.45, 2.75) is 25.0 Å². The molecule has 2 rings (SSSR count). The van der Waals surface area contributed by atoms with E-state index in [1.54, 1.807) is 4.57 Å². The number of allylic oxidation sites excluding steroid dienone is 1. The number of aryl methyl sites for hydroxylation is 1. The first-order chi connectivity index (χ1) is 10.3. The number of imidazole rings is 1. The molecule has 0 radical (unpaired) electrons. The quantitative estimate of drug-likeness (QED) is 0.593. The highest BCUT2D eigenvalue weighted by Crippen LogP contribution is 2.22. The molecule has 9 heteroatoms. The van der Waals surface area contributed by atoms with Gasteiger partial charge in [-0.1, -0.05) is 23.9 Å². The Morgan fingerprint density at radius 2 is 2.14 bits per heavy atom. The Hall–Kier alpha value is -2.29. The maximum atomic E-state index is 12.1. The van der Waals surface area contributed by atoms with Crippen molar-refractivity contribution in [1.82, 2.24) is 19.1 Å². The smallest absolute Gasteiger partial charge is 0.329 e. The van der Waals surface area contributed by atoms with Crippen LogP contribution >= 0.6 is 11.8 Å². The van der Waals surface area contributed by atoms with Crippen molar-refractivity contribution >= 4 is 28.9 Å². The third kappa shape index (κ3) is 3.14. The molecule has 0 aliphatic rings. The summed E-state index contributed by atoms with van der Waals surface area (Å²) in [6.07, 6.45) is -0.0176. The Kier molecular flexibility index (Phi) is 4.55. The van der Waals surface area contributed by atoms with Gasteiger partial charge in [0.05, 0.1) is 6.42 Å². The van der Waals surface area contributed by atoms with Crippen LogP contribution in [-0.2, 0) is 18.4 Å². The lowest BCUT2D eigenvalue weighted by Crippen LogP contribution is -2.29. The molecule has 118 valence electrons. The third-order valence-corrected chi connectivity index (χ3v) is 3.93. The first-order valence-electron chi connectivity index (χ1n) is 6.49. The fourth-order valence-electron chi connectivity index (χ4n) is 1.97. The molecule has 0 fully saturated rings. The largest absolute Gasteiger partial charge is 0.481 e. The van der Waals surface area contributed by atoms with E-state index in [0.29, 0.717) is 17.5 Å². The summed E-state index contributed by atoms with van der Waals surface area (Å²) in [7, 11) is 1.52. The summed E-state index contributed by atoms with van der Waals surface area (Å²) in [5.41, 5.74) is 0.305. The molecule has 0 bridgehead atoms. The molecular weight excluding hydrogens is 308 g/mol. The van der Waals surface area contributed by atoms with Crippen LogP contribution in [-0.4, -0.2) is 35.9 Å². The van der Waals surface area contributed by atoms with E-state index in [9.17, 15) is 14.4 Å². The summed E-state index contributed by atoms with van der Waals surface area (Å²) in [6.45, 7) is 6.00. The highest BCUT2D eigenvalue weighted by atomic mass is 32.2. The zero-order chi connectivity index (χ0) is 16.4. The first-order valence-corrected chi connectivity index (χ1v) is 7.48. The minimum Gasteiger partial charge on any atom is -0.481 e. The molecule has 0 unspecified atom stereocenters. The van der Waals surface area contributed by atoms with Crippen LogP contribution in [0.1, 0.15) is 13.3 Å². The van der Waals surface area contributed by atoms with Crippen LogP contribution in [0, 0.1) is 0 Å². The lowest BCUT2D eigenvalue weighted by atomic mass is 10.3. The number of aromatic nitrogens is 4. The van der Waals surface area contributed by atoms with Gasteiger partial charge in [-0.25, -0.2) is 9.78 Å². The van der Waals surface area contributed by atoms with Gasteiger partial charge < -0.3 is 9.67 Å². The van der Waals surface area contributed by atoms with Crippen molar-refractivity contribution in [2.24, 2.45) is 7.05 Å². The van der Waals surface area contributed by atoms with Crippen molar-refractivity contribution in [2.75, 3.05) is 5.75 Å². The Labute approximate surface area is 129 Å². The zero-order valence-electron chi connectivity index (χ0n) is 12.3. The summed E-state index contributed by atoms with van der Waals surface area (Å²) >= 11 is 1.23. The number of aromatic amines is 1. The van der Waals surface area contributed by atoms with E-state index >= 15 is 0 Å². The molecule has 0 saturated heterocycles. The first kappa shape index (κ1) is 16.1. The maximum absolute atomic E-state index is 12.1. The van der Waals surface area contributed by atoms with Crippen LogP contribution in [0.5, 0.6) is 0 Å². The molecule has 0 amide bonds. The predicted molar refractivity (Wildman–Crippen MR) is 83.4 cm³/mol. The molecule has 0 atom stereocenters. The second-order valence-electron chi connectivity index (χ2n) is 4.92. The molecule has 8 nitrogen and oxygen atoms in total. The summed E-state index contributed by atoms with van der Waals surface area (Å²) in [4.78, 5) is 40.9. The normalized spacial score (nSPS) is 11.0. The molecular formula is C13H16N4O4S. The average molecular weight is 324 g/mol. The van der Waals surface area contributed by atoms with Gasteiger partial charge in [0.25, 0.3) is 5.56 Å². The number of nitrogens with zero attached hydrogens (tertiary/aromatic N) is 3. The third-order valence-electron chi connectivity index (χ3n) is 2.95. The van der Waals surface area contributed by atoms with Gasteiger partial charge in [0.2, 0.25) is 0 Å². The summed E-state index contributed by atoms with van der Waals surface area (Å²) in [5, 5.41) is 9.21. The SMILES string of the molecule is C=C(C)Cn1c(SCCC(=O)O)nc2c1c(=O)[nH]c(=O)n2C. The van der Waals surface area contributed by atoms with Gasteiger partial charge in [0.1, 0.15) is 0 Å². The molecule has 0 aliphatic carbocycles. The average Bonchev–Trinajstić information content (AvgIpc) is 2.74. The minimum absolute atomic E-state index is 0.0176. The maximum Gasteiger partial charge on any atom is 0.329 e. The van der Waals surface area contributed by atoms with Crippen LogP contribution < -0.4 is 11.2 Å². The molecule has 22 heavy (non-hydrogen) atoms. The number of carboxylic acid groups (broad SMARTS) is 1. The number of hydrogen-bond donors (Lipinski definition) is 2. The van der Waals surface area contributed by atoms with Crippen molar-refractivity contribution in [3.05, 3.63) is 33.0 Å². The summed E-state index contributed by atoms with van der Waals surface area (Å²) in [5.74, 6) is -0.582. The molecule has 0 spiro atoms. The van der Waals surface area contributed by atoms with Crippen LogP contribution in [0.25, 0.3) is 11.2 Å². The van der Waals surface area contributed by atoms with Gasteiger partial charge in [-0.05, 0) is 6.92 Å². The number of carboxylic acids is 1. The molecule has 2 N–H and O–H groups in total. The van der Waals surface area contributed by atoms with E-state index in [4.69, 9.17) is 5.11 Å². The number of fused-ring (bicyclic) bond motifs is 1. The summed E-state index contributed by atoms with van der Waals surface area (Å²) in [6, 6.07) is 0. The number of nitrogens with one attached hydrogen (secondary N) is 1.